The van der Waals surface area contributed by atoms with Crippen molar-refractivity contribution in [3.63, 3.8) is 0 Å². The lowest BCUT2D eigenvalue weighted by Crippen LogP contribution is -2.40. The van der Waals surface area contributed by atoms with E-state index in [1.807, 2.05) is 12.1 Å². The Morgan fingerprint density at radius 2 is 0.939 bits per heavy atom. The summed E-state index contributed by atoms with van der Waals surface area (Å²) < 4.78 is 2.45. The Labute approximate surface area is 200 Å². The zero-order chi connectivity index (χ0) is 22.5. The van der Waals surface area contributed by atoms with E-state index in [4.69, 9.17) is 11.6 Å². The number of hydrogen-bond acceptors (Lipinski definition) is 0. The SMILES string of the molecule is Clc1ccc(CC[n+]2c(-c3ccccc3)cc(-c3ccccc3)cc2-c2ccccc2)cc1. The van der Waals surface area contributed by atoms with Crippen LogP contribution in [0.1, 0.15) is 5.56 Å². The first-order valence-electron chi connectivity index (χ1n) is 11.3. The molecule has 0 radical (unpaired) electrons. The molecular weight excluding hydrogens is 422 g/mol. The minimum Gasteiger partial charge on any atom is -0.191 e. The lowest BCUT2D eigenvalue weighted by atomic mass is 9.98. The molecule has 5 rings (SSSR count). The molecule has 0 atom stereocenters. The summed E-state index contributed by atoms with van der Waals surface area (Å²) in [4.78, 5) is 0. The van der Waals surface area contributed by atoms with Gasteiger partial charge in [0.05, 0.1) is 0 Å². The molecule has 0 fully saturated rings. The van der Waals surface area contributed by atoms with Gasteiger partial charge >= 0.3 is 0 Å². The van der Waals surface area contributed by atoms with Crippen molar-refractivity contribution in [2.75, 3.05) is 0 Å². The number of halogens is 1. The summed E-state index contributed by atoms with van der Waals surface area (Å²) in [6.45, 7) is 0.866. The molecule has 0 aliphatic rings. The average Bonchev–Trinajstić information content (AvgIpc) is 2.89. The molecule has 0 spiro atoms. The summed E-state index contributed by atoms with van der Waals surface area (Å²) in [5, 5.41) is 0.772. The summed E-state index contributed by atoms with van der Waals surface area (Å²) in [5.41, 5.74) is 8.56. The number of rotatable bonds is 6. The maximum Gasteiger partial charge on any atom is 0.213 e. The Morgan fingerprint density at radius 1 is 0.485 bits per heavy atom. The lowest BCUT2D eigenvalue weighted by Gasteiger charge is -2.13. The smallest absolute Gasteiger partial charge is 0.191 e. The van der Waals surface area contributed by atoms with Crippen molar-refractivity contribution in [3.05, 3.63) is 138 Å². The van der Waals surface area contributed by atoms with Gasteiger partial charge in [-0.25, -0.2) is 0 Å². The van der Waals surface area contributed by atoms with E-state index in [9.17, 15) is 0 Å². The van der Waals surface area contributed by atoms with Crippen LogP contribution in [0.15, 0.2) is 127 Å². The molecule has 4 aromatic carbocycles. The fourth-order valence-electron chi connectivity index (χ4n) is 4.25. The molecular formula is C31H25ClN+. The van der Waals surface area contributed by atoms with Crippen LogP contribution in [-0.2, 0) is 13.0 Å². The molecule has 1 heterocycles. The fraction of sp³-hybridized carbons (Fsp3) is 0.0645. The van der Waals surface area contributed by atoms with Gasteiger partial charge in [-0.2, -0.15) is 4.57 Å². The number of pyridine rings is 1. The second-order valence-electron chi connectivity index (χ2n) is 8.14. The maximum atomic E-state index is 6.11. The molecule has 1 nitrogen and oxygen atoms in total. The summed E-state index contributed by atoms with van der Waals surface area (Å²) >= 11 is 6.11. The maximum absolute atomic E-state index is 6.11. The molecule has 0 saturated heterocycles. The molecule has 0 aliphatic heterocycles. The molecule has 0 bridgehead atoms. The van der Waals surface area contributed by atoms with E-state index >= 15 is 0 Å². The van der Waals surface area contributed by atoms with Gasteiger partial charge in [-0.1, -0.05) is 90.5 Å². The van der Waals surface area contributed by atoms with Crippen molar-refractivity contribution in [1.29, 1.82) is 0 Å². The summed E-state index contributed by atoms with van der Waals surface area (Å²) in [7, 11) is 0. The molecule has 2 heteroatoms. The van der Waals surface area contributed by atoms with Gasteiger partial charge in [0.15, 0.2) is 6.54 Å². The largest absolute Gasteiger partial charge is 0.213 e. The van der Waals surface area contributed by atoms with Gasteiger partial charge in [-0.3, -0.25) is 0 Å². The van der Waals surface area contributed by atoms with Crippen LogP contribution in [0.5, 0.6) is 0 Å². The summed E-state index contributed by atoms with van der Waals surface area (Å²) in [6, 6.07) is 44.8. The molecule has 160 valence electrons. The fourth-order valence-corrected chi connectivity index (χ4v) is 4.37. The van der Waals surface area contributed by atoms with E-state index in [1.54, 1.807) is 0 Å². The van der Waals surface area contributed by atoms with Crippen LogP contribution in [0.3, 0.4) is 0 Å². The van der Waals surface area contributed by atoms with Crippen LogP contribution in [0.4, 0.5) is 0 Å². The molecule has 0 amide bonds. The van der Waals surface area contributed by atoms with Gasteiger partial charge in [0.1, 0.15) is 0 Å². The molecule has 0 unspecified atom stereocenters. The highest BCUT2D eigenvalue weighted by Crippen LogP contribution is 2.29. The predicted molar refractivity (Wildman–Crippen MR) is 138 cm³/mol. The first kappa shape index (κ1) is 21.2. The van der Waals surface area contributed by atoms with E-state index in [0.717, 1.165) is 18.0 Å². The molecule has 0 aliphatic carbocycles. The van der Waals surface area contributed by atoms with E-state index in [0.29, 0.717) is 0 Å². The van der Waals surface area contributed by atoms with Crippen LogP contribution in [0, 0.1) is 0 Å². The Hall–Kier alpha value is -3.68. The Bertz CT molecular complexity index is 1270. The number of aryl methyl sites for hydroxylation is 1. The predicted octanol–water partition coefficient (Wildman–Crippen LogP) is 7.87. The number of benzene rings is 4. The van der Waals surface area contributed by atoms with Crippen molar-refractivity contribution in [1.82, 2.24) is 0 Å². The third-order valence-electron chi connectivity index (χ3n) is 5.95. The minimum atomic E-state index is 0.772. The highest BCUT2D eigenvalue weighted by molar-refractivity contribution is 6.30. The number of aromatic nitrogens is 1. The number of hydrogen-bond donors (Lipinski definition) is 0. The molecule has 1 aromatic heterocycles. The van der Waals surface area contributed by atoms with Gasteiger partial charge in [-0.15, -0.1) is 0 Å². The zero-order valence-electron chi connectivity index (χ0n) is 18.4. The standard InChI is InChI=1S/C31H25ClN/c32-29-18-16-24(17-19-29)20-21-33-30(26-12-6-2-7-13-26)22-28(25-10-4-1-5-11-25)23-31(33)27-14-8-3-9-15-27/h1-19,22-23H,20-21H2/q+1. The second kappa shape index (κ2) is 9.85. The van der Waals surface area contributed by atoms with Crippen LogP contribution in [-0.4, -0.2) is 0 Å². The van der Waals surface area contributed by atoms with Crippen LogP contribution >= 0.6 is 11.6 Å². The third kappa shape index (κ3) is 4.89. The summed E-state index contributed by atoms with van der Waals surface area (Å²) in [6.07, 6.45) is 0.923. The van der Waals surface area contributed by atoms with Crippen molar-refractivity contribution in [2.24, 2.45) is 0 Å². The van der Waals surface area contributed by atoms with Crippen LogP contribution in [0.25, 0.3) is 33.6 Å². The van der Waals surface area contributed by atoms with Gasteiger partial charge in [0.25, 0.3) is 0 Å². The first-order valence-corrected chi connectivity index (χ1v) is 11.6. The van der Waals surface area contributed by atoms with E-state index < -0.39 is 0 Å². The van der Waals surface area contributed by atoms with Crippen LogP contribution < -0.4 is 4.57 Å². The quantitative estimate of drug-likeness (QED) is 0.233. The average molecular weight is 447 g/mol. The first-order chi connectivity index (χ1) is 16.3. The molecule has 5 aromatic rings. The normalized spacial score (nSPS) is 10.8. The number of nitrogens with zero attached hydrogens (tertiary/aromatic N) is 1. The Kier molecular flexibility index (Phi) is 6.32. The lowest BCUT2D eigenvalue weighted by molar-refractivity contribution is -0.674. The van der Waals surface area contributed by atoms with E-state index in [1.165, 1.54) is 39.2 Å². The van der Waals surface area contributed by atoms with Crippen molar-refractivity contribution in [2.45, 2.75) is 13.0 Å². The molecule has 0 saturated carbocycles. The van der Waals surface area contributed by atoms with Crippen molar-refractivity contribution >= 4 is 11.6 Å². The monoisotopic (exact) mass is 446 g/mol. The van der Waals surface area contributed by atoms with Crippen molar-refractivity contribution in [3.8, 4) is 33.6 Å². The third-order valence-corrected chi connectivity index (χ3v) is 6.20. The minimum absolute atomic E-state index is 0.772. The Balaban J connectivity index is 1.69. The highest BCUT2D eigenvalue weighted by atomic mass is 35.5. The van der Waals surface area contributed by atoms with Gasteiger partial charge in [-0.05, 0) is 53.1 Å². The zero-order valence-corrected chi connectivity index (χ0v) is 19.1. The second-order valence-corrected chi connectivity index (χ2v) is 8.58. The molecule has 33 heavy (non-hydrogen) atoms. The van der Waals surface area contributed by atoms with E-state index in [-0.39, 0.29) is 0 Å². The van der Waals surface area contributed by atoms with Crippen molar-refractivity contribution < 1.29 is 4.57 Å². The topological polar surface area (TPSA) is 3.88 Å². The Morgan fingerprint density at radius 3 is 1.42 bits per heavy atom. The van der Waals surface area contributed by atoms with Crippen LogP contribution in [0.2, 0.25) is 5.02 Å². The van der Waals surface area contributed by atoms with Gasteiger partial charge < -0.3 is 0 Å². The van der Waals surface area contributed by atoms with Gasteiger partial charge in [0.2, 0.25) is 11.4 Å². The van der Waals surface area contributed by atoms with Gasteiger partial charge in [0, 0.05) is 34.7 Å². The molecule has 0 N–H and O–H groups in total. The van der Waals surface area contributed by atoms with E-state index in [2.05, 4.69) is 120 Å². The highest BCUT2D eigenvalue weighted by Gasteiger charge is 2.22. The summed E-state index contributed by atoms with van der Waals surface area (Å²) in [5.74, 6) is 0.